The first-order chi connectivity index (χ1) is 4.61. The number of halogens is 2. The Kier molecular flexibility index (Phi) is 1.97. The molecule has 0 saturated carbocycles. The summed E-state index contributed by atoms with van der Waals surface area (Å²) in [6.45, 7) is 1.71. The molecule has 0 aliphatic rings. The molecule has 0 saturated heterocycles. The largest absolute Gasteiger partial charge is 0.382 e. The number of aryl methyl sites for hydroxylation is 1. The summed E-state index contributed by atoms with van der Waals surface area (Å²) in [5.74, 6) is 0.314. The van der Waals surface area contributed by atoms with Gasteiger partial charge in [0.05, 0.1) is 5.69 Å². The fourth-order valence-electron chi connectivity index (χ4n) is 0.483. The van der Waals surface area contributed by atoms with Crippen molar-refractivity contribution in [3.05, 3.63) is 16.0 Å². The molecular formula is C5H5Cl2N3. The highest BCUT2D eigenvalue weighted by atomic mass is 35.5. The number of nitrogens with zero attached hydrogens (tertiary/aromatic N) is 2. The Morgan fingerprint density at radius 1 is 1.20 bits per heavy atom. The van der Waals surface area contributed by atoms with Crippen LogP contribution in [0, 0.1) is 6.92 Å². The first-order valence-electron chi connectivity index (χ1n) is 2.56. The summed E-state index contributed by atoms with van der Waals surface area (Å²) < 4.78 is 0. The van der Waals surface area contributed by atoms with Crippen LogP contribution in [0.1, 0.15) is 5.69 Å². The minimum Gasteiger partial charge on any atom is -0.382 e. The fraction of sp³-hybridized carbons (Fsp3) is 0.200. The molecule has 1 aromatic heterocycles. The minimum atomic E-state index is 0.143. The predicted molar refractivity (Wildman–Crippen MR) is 41.2 cm³/mol. The standard InChI is InChI=1S/C5H5Cl2N3/c1-2-5(8)10-4(7)3(6)9-2/h1H3,(H2,8,10). The average molecular weight is 178 g/mol. The summed E-state index contributed by atoms with van der Waals surface area (Å²) in [6, 6.07) is 0. The van der Waals surface area contributed by atoms with E-state index in [1.165, 1.54) is 0 Å². The second-order valence-corrected chi connectivity index (χ2v) is 2.49. The van der Waals surface area contributed by atoms with Gasteiger partial charge in [0.2, 0.25) is 0 Å². The maximum absolute atomic E-state index is 5.52. The third-order valence-corrected chi connectivity index (χ3v) is 1.65. The summed E-state index contributed by atoms with van der Waals surface area (Å²) in [5, 5.41) is 0.332. The Bertz CT molecular complexity index is 211. The van der Waals surface area contributed by atoms with Gasteiger partial charge in [0.1, 0.15) is 5.82 Å². The highest BCUT2D eigenvalue weighted by molar-refractivity contribution is 6.40. The molecule has 54 valence electrons. The van der Waals surface area contributed by atoms with Crippen LogP contribution in [0.4, 0.5) is 5.82 Å². The second-order valence-electron chi connectivity index (χ2n) is 1.78. The molecule has 3 nitrogen and oxygen atoms in total. The van der Waals surface area contributed by atoms with Crippen molar-refractivity contribution in [1.82, 2.24) is 9.97 Å². The van der Waals surface area contributed by atoms with Gasteiger partial charge in [-0.3, -0.25) is 0 Å². The molecule has 0 amide bonds. The fourth-order valence-corrected chi connectivity index (χ4v) is 0.786. The zero-order valence-electron chi connectivity index (χ0n) is 5.23. The molecule has 5 heteroatoms. The van der Waals surface area contributed by atoms with Gasteiger partial charge in [-0.15, -0.1) is 0 Å². The molecule has 1 aromatic rings. The van der Waals surface area contributed by atoms with Gasteiger partial charge in [-0.05, 0) is 6.92 Å². The molecular weight excluding hydrogens is 173 g/mol. The number of hydrogen-bond donors (Lipinski definition) is 1. The zero-order chi connectivity index (χ0) is 7.72. The number of aromatic nitrogens is 2. The third kappa shape index (κ3) is 1.30. The van der Waals surface area contributed by atoms with Crippen molar-refractivity contribution in [2.24, 2.45) is 0 Å². The lowest BCUT2D eigenvalue weighted by atomic mass is 10.5. The molecule has 0 unspecified atom stereocenters. The normalized spacial score (nSPS) is 9.90. The van der Waals surface area contributed by atoms with Gasteiger partial charge in [0.15, 0.2) is 10.3 Å². The summed E-state index contributed by atoms with van der Waals surface area (Å²) in [6.07, 6.45) is 0. The smallest absolute Gasteiger partial charge is 0.168 e. The number of nitrogens with two attached hydrogens (primary N) is 1. The van der Waals surface area contributed by atoms with Crippen LogP contribution >= 0.6 is 23.2 Å². The Morgan fingerprint density at radius 3 is 2.20 bits per heavy atom. The van der Waals surface area contributed by atoms with Crippen LogP contribution in [0.5, 0.6) is 0 Å². The molecule has 10 heavy (non-hydrogen) atoms. The van der Waals surface area contributed by atoms with Gasteiger partial charge in [-0.1, -0.05) is 23.2 Å². The number of hydrogen-bond acceptors (Lipinski definition) is 3. The third-order valence-electron chi connectivity index (χ3n) is 1.03. The molecule has 0 spiro atoms. The zero-order valence-corrected chi connectivity index (χ0v) is 6.74. The van der Waals surface area contributed by atoms with Gasteiger partial charge < -0.3 is 5.73 Å². The van der Waals surface area contributed by atoms with Crippen LogP contribution in [0.2, 0.25) is 10.3 Å². The summed E-state index contributed by atoms with van der Waals surface area (Å²) in [5.41, 5.74) is 5.96. The van der Waals surface area contributed by atoms with Crippen LogP contribution in [0.3, 0.4) is 0 Å². The molecule has 0 aromatic carbocycles. The monoisotopic (exact) mass is 177 g/mol. The van der Waals surface area contributed by atoms with Gasteiger partial charge in [0.25, 0.3) is 0 Å². The van der Waals surface area contributed by atoms with E-state index in [9.17, 15) is 0 Å². The van der Waals surface area contributed by atoms with Crippen LogP contribution in [-0.4, -0.2) is 9.97 Å². The van der Waals surface area contributed by atoms with Crippen molar-refractivity contribution in [1.29, 1.82) is 0 Å². The van der Waals surface area contributed by atoms with E-state index in [1.54, 1.807) is 6.92 Å². The van der Waals surface area contributed by atoms with Crippen LogP contribution in [0.25, 0.3) is 0 Å². The first kappa shape index (κ1) is 7.57. The van der Waals surface area contributed by atoms with Gasteiger partial charge in [-0.25, -0.2) is 9.97 Å². The molecule has 2 N–H and O–H groups in total. The van der Waals surface area contributed by atoms with Gasteiger partial charge in [-0.2, -0.15) is 0 Å². The van der Waals surface area contributed by atoms with E-state index >= 15 is 0 Å². The van der Waals surface area contributed by atoms with E-state index in [4.69, 9.17) is 28.9 Å². The maximum Gasteiger partial charge on any atom is 0.168 e. The highest BCUT2D eigenvalue weighted by Gasteiger charge is 2.03. The molecule has 0 aliphatic heterocycles. The van der Waals surface area contributed by atoms with Crippen molar-refractivity contribution in [2.75, 3.05) is 5.73 Å². The molecule has 0 atom stereocenters. The number of rotatable bonds is 0. The van der Waals surface area contributed by atoms with Crippen molar-refractivity contribution in [2.45, 2.75) is 6.92 Å². The molecule has 0 fully saturated rings. The molecule has 0 radical (unpaired) electrons. The van der Waals surface area contributed by atoms with Crippen molar-refractivity contribution in [3.63, 3.8) is 0 Å². The second kappa shape index (κ2) is 2.60. The Balaban J connectivity index is 3.28. The van der Waals surface area contributed by atoms with Crippen LogP contribution < -0.4 is 5.73 Å². The van der Waals surface area contributed by atoms with E-state index in [0.717, 1.165) is 0 Å². The van der Waals surface area contributed by atoms with Gasteiger partial charge >= 0.3 is 0 Å². The molecule has 0 aliphatic carbocycles. The van der Waals surface area contributed by atoms with Crippen molar-refractivity contribution >= 4 is 29.0 Å². The van der Waals surface area contributed by atoms with E-state index < -0.39 is 0 Å². The van der Waals surface area contributed by atoms with Crippen molar-refractivity contribution in [3.8, 4) is 0 Å². The topological polar surface area (TPSA) is 51.8 Å². The predicted octanol–water partition coefficient (Wildman–Crippen LogP) is 1.67. The van der Waals surface area contributed by atoms with E-state index in [-0.39, 0.29) is 10.3 Å². The lowest BCUT2D eigenvalue weighted by Gasteiger charge is -1.98. The Morgan fingerprint density at radius 2 is 1.70 bits per heavy atom. The van der Waals surface area contributed by atoms with E-state index in [1.807, 2.05) is 0 Å². The highest BCUT2D eigenvalue weighted by Crippen LogP contribution is 2.18. The van der Waals surface area contributed by atoms with Crippen LogP contribution in [-0.2, 0) is 0 Å². The number of nitrogen functional groups attached to an aromatic ring is 1. The molecule has 1 rings (SSSR count). The summed E-state index contributed by atoms with van der Waals surface area (Å²) in [4.78, 5) is 7.54. The average Bonchev–Trinajstić information content (AvgIpc) is 1.84. The van der Waals surface area contributed by atoms with E-state index in [2.05, 4.69) is 9.97 Å². The lowest BCUT2D eigenvalue weighted by molar-refractivity contribution is 1.13. The van der Waals surface area contributed by atoms with E-state index in [0.29, 0.717) is 11.5 Å². The number of anilines is 1. The first-order valence-corrected chi connectivity index (χ1v) is 3.32. The Labute approximate surface area is 68.2 Å². The quantitative estimate of drug-likeness (QED) is 0.657. The molecule has 1 heterocycles. The summed E-state index contributed by atoms with van der Waals surface area (Å²) in [7, 11) is 0. The Hall–Kier alpha value is -0.540. The summed E-state index contributed by atoms with van der Waals surface area (Å²) >= 11 is 11.0. The van der Waals surface area contributed by atoms with Crippen molar-refractivity contribution < 1.29 is 0 Å². The maximum atomic E-state index is 5.52. The SMILES string of the molecule is Cc1nc(Cl)c(Cl)nc1N. The minimum absolute atomic E-state index is 0.143. The molecule has 0 bridgehead atoms. The van der Waals surface area contributed by atoms with Gasteiger partial charge in [0, 0.05) is 0 Å². The lowest BCUT2D eigenvalue weighted by Crippen LogP contribution is -1.97. The van der Waals surface area contributed by atoms with Crippen LogP contribution in [0.15, 0.2) is 0 Å².